The normalized spacial score (nSPS) is 29.2. The number of fused-ring (bicyclic) bond motifs is 3. The van der Waals surface area contributed by atoms with E-state index < -0.39 is 0 Å². The summed E-state index contributed by atoms with van der Waals surface area (Å²) >= 11 is 0. The molecule has 1 saturated heterocycles. The molecule has 2 saturated carbocycles. The molecule has 6 nitrogen and oxygen atoms in total. The first-order chi connectivity index (χ1) is 13.3. The molecule has 3 fully saturated rings. The van der Waals surface area contributed by atoms with Crippen molar-refractivity contribution in [1.82, 2.24) is 10.6 Å². The lowest BCUT2D eigenvalue weighted by molar-refractivity contribution is -0.125. The van der Waals surface area contributed by atoms with Gasteiger partial charge in [-0.25, -0.2) is 0 Å². The van der Waals surface area contributed by atoms with Crippen LogP contribution in [0.3, 0.4) is 0 Å². The zero-order valence-corrected chi connectivity index (χ0v) is 18.7. The number of hydrogen-bond acceptors (Lipinski definition) is 4. The Kier molecular flexibility index (Phi) is 5.92. The first-order valence-corrected chi connectivity index (χ1v) is 10.3. The maximum atomic E-state index is 6.09. The Morgan fingerprint density at radius 1 is 1.21 bits per heavy atom. The van der Waals surface area contributed by atoms with E-state index in [0.29, 0.717) is 30.3 Å². The monoisotopic (exact) mass is 499 g/mol. The molecule has 2 heterocycles. The number of guanidine groups is 1. The highest BCUT2D eigenvalue weighted by molar-refractivity contribution is 14.0. The molecule has 1 aromatic rings. The zero-order chi connectivity index (χ0) is 18.3. The van der Waals surface area contributed by atoms with Crippen LogP contribution in [-0.2, 0) is 11.2 Å². The van der Waals surface area contributed by atoms with Crippen molar-refractivity contribution in [3.05, 3.63) is 23.8 Å². The quantitative estimate of drug-likeness (QED) is 0.379. The molecule has 28 heavy (non-hydrogen) atoms. The molecule has 154 valence electrons. The third-order valence-electron chi connectivity index (χ3n) is 6.95. The van der Waals surface area contributed by atoms with Crippen molar-refractivity contribution < 1.29 is 14.2 Å². The van der Waals surface area contributed by atoms with Gasteiger partial charge in [-0.2, -0.15) is 0 Å². The average molecular weight is 499 g/mol. The molecule has 1 aromatic carbocycles. The van der Waals surface area contributed by atoms with Gasteiger partial charge in [0.05, 0.1) is 6.10 Å². The second-order valence-electron chi connectivity index (χ2n) is 8.24. The molecule has 0 aromatic heterocycles. The van der Waals surface area contributed by atoms with Crippen molar-refractivity contribution in [2.45, 2.75) is 50.7 Å². The van der Waals surface area contributed by atoms with Crippen LogP contribution in [0.5, 0.6) is 11.5 Å². The van der Waals surface area contributed by atoms with Crippen LogP contribution < -0.4 is 20.1 Å². The van der Waals surface area contributed by atoms with Gasteiger partial charge in [0.2, 0.25) is 6.79 Å². The van der Waals surface area contributed by atoms with Crippen molar-refractivity contribution in [3.63, 3.8) is 0 Å². The third-order valence-corrected chi connectivity index (χ3v) is 6.95. The van der Waals surface area contributed by atoms with E-state index in [0.717, 1.165) is 37.0 Å². The van der Waals surface area contributed by atoms with Crippen LogP contribution in [0.15, 0.2) is 23.2 Å². The maximum Gasteiger partial charge on any atom is 0.231 e. The number of benzene rings is 1. The number of halogens is 1. The van der Waals surface area contributed by atoms with Crippen LogP contribution in [0.4, 0.5) is 0 Å². The standard InChI is InChI=1S/C21H29N3O3.HI/c1-22-20(23-10-6-14-4-5-16-17(12-14)27-13-26-16)24-18-15-7-11-25-19(15)21(18)8-2-3-9-21;/h4-5,12,15,18-19H,2-3,6-11,13H2,1H3,(H2,22,23,24);1H. The number of nitrogens with zero attached hydrogens (tertiary/aromatic N) is 1. The van der Waals surface area contributed by atoms with E-state index in [2.05, 4.69) is 27.8 Å². The molecular weight excluding hydrogens is 469 g/mol. The second kappa shape index (κ2) is 8.26. The lowest BCUT2D eigenvalue weighted by Crippen LogP contribution is -2.69. The Morgan fingerprint density at radius 3 is 2.86 bits per heavy atom. The van der Waals surface area contributed by atoms with Crippen molar-refractivity contribution >= 4 is 29.9 Å². The van der Waals surface area contributed by atoms with Gasteiger partial charge in [-0.15, -0.1) is 24.0 Å². The van der Waals surface area contributed by atoms with Gasteiger partial charge in [0, 0.05) is 37.6 Å². The number of ether oxygens (including phenoxy) is 3. The van der Waals surface area contributed by atoms with Gasteiger partial charge in [0.1, 0.15) is 0 Å². The van der Waals surface area contributed by atoms with Gasteiger partial charge in [0.25, 0.3) is 0 Å². The van der Waals surface area contributed by atoms with Crippen molar-refractivity contribution in [2.75, 3.05) is 27.0 Å². The molecule has 0 bridgehead atoms. The molecule has 3 unspecified atom stereocenters. The Labute approximate surface area is 183 Å². The summed E-state index contributed by atoms with van der Waals surface area (Å²) in [6, 6.07) is 6.67. The van der Waals surface area contributed by atoms with Crippen LogP contribution in [0, 0.1) is 11.3 Å². The highest BCUT2D eigenvalue weighted by Gasteiger charge is 2.65. The fourth-order valence-electron chi connectivity index (χ4n) is 5.67. The van der Waals surface area contributed by atoms with Crippen molar-refractivity contribution in [1.29, 1.82) is 0 Å². The molecule has 4 aliphatic rings. The topological polar surface area (TPSA) is 64.1 Å². The van der Waals surface area contributed by atoms with Crippen LogP contribution in [-0.4, -0.2) is 45.1 Å². The number of rotatable bonds is 4. The smallest absolute Gasteiger partial charge is 0.231 e. The van der Waals surface area contributed by atoms with E-state index in [9.17, 15) is 0 Å². The number of nitrogens with one attached hydrogen (secondary N) is 2. The summed E-state index contributed by atoms with van der Waals surface area (Å²) in [5, 5.41) is 7.25. The Balaban J connectivity index is 0.00000192. The fraction of sp³-hybridized carbons (Fsp3) is 0.667. The first-order valence-electron chi connectivity index (χ1n) is 10.3. The molecule has 3 atom stereocenters. The average Bonchev–Trinajstić information content (AvgIpc) is 3.43. The van der Waals surface area contributed by atoms with E-state index in [1.54, 1.807) is 0 Å². The van der Waals surface area contributed by atoms with Crippen LogP contribution in [0.2, 0.25) is 0 Å². The van der Waals surface area contributed by atoms with E-state index in [1.165, 1.54) is 37.7 Å². The summed E-state index contributed by atoms with van der Waals surface area (Å²) in [7, 11) is 1.86. The van der Waals surface area contributed by atoms with Crippen LogP contribution >= 0.6 is 24.0 Å². The minimum Gasteiger partial charge on any atom is -0.454 e. The predicted octanol–water partition coefficient (Wildman–Crippen LogP) is 3.09. The Hall–Kier alpha value is -1.22. The zero-order valence-electron chi connectivity index (χ0n) is 16.4. The molecule has 7 heteroatoms. The second-order valence-corrected chi connectivity index (χ2v) is 8.24. The highest BCUT2D eigenvalue weighted by Crippen LogP contribution is 2.60. The van der Waals surface area contributed by atoms with Crippen LogP contribution in [0.1, 0.15) is 37.7 Å². The van der Waals surface area contributed by atoms with Gasteiger partial charge < -0.3 is 24.8 Å². The minimum atomic E-state index is 0. The van der Waals surface area contributed by atoms with Gasteiger partial charge in [0.15, 0.2) is 17.5 Å². The molecule has 2 aliphatic carbocycles. The van der Waals surface area contributed by atoms with E-state index >= 15 is 0 Å². The fourth-order valence-corrected chi connectivity index (χ4v) is 5.67. The lowest BCUT2D eigenvalue weighted by Gasteiger charge is -2.57. The minimum absolute atomic E-state index is 0. The molecule has 0 amide bonds. The number of aliphatic imine (C=N–C) groups is 1. The predicted molar refractivity (Wildman–Crippen MR) is 119 cm³/mol. The summed E-state index contributed by atoms with van der Waals surface area (Å²) in [5.74, 6) is 3.25. The summed E-state index contributed by atoms with van der Waals surface area (Å²) in [5.41, 5.74) is 1.58. The third kappa shape index (κ3) is 3.34. The maximum absolute atomic E-state index is 6.09. The summed E-state index contributed by atoms with van der Waals surface area (Å²) in [6.45, 7) is 2.08. The SMILES string of the molecule is CN=C(NCCc1ccc2c(c1)OCO2)NC1C2CCOC2C12CCCC2.I. The Morgan fingerprint density at radius 2 is 2.04 bits per heavy atom. The van der Waals surface area contributed by atoms with Crippen LogP contribution in [0.25, 0.3) is 0 Å². The van der Waals surface area contributed by atoms with E-state index in [4.69, 9.17) is 14.2 Å². The Bertz CT molecular complexity index is 736. The summed E-state index contributed by atoms with van der Waals surface area (Å²) in [4.78, 5) is 4.48. The van der Waals surface area contributed by atoms with Gasteiger partial charge >= 0.3 is 0 Å². The van der Waals surface area contributed by atoms with Crippen molar-refractivity contribution in [2.24, 2.45) is 16.3 Å². The molecule has 2 aliphatic heterocycles. The molecule has 0 radical (unpaired) electrons. The summed E-state index contributed by atoms with van der Waals surface area (Å²) < 4.78 is 16.9. The molecule has 5 rings (SSSR count). The van der Waals surface area contributed by atoms with Gasteiger partial charge in [-0.3, -0.25) is 4.99 Å². The van der Waals surface area contributed by atoms with Crippen molar-refractivity contribution in [3.8, 4) is 11.5 Å². The summed E-state index contributed by atoms with van der Waals surface area (Å²) in [6.07, 6.45) is 7.83. The number of hydrogen-bond donors (Lipinski definition) is 2. The van der Waals surface area contributed by atoms with Gasteiger partial charge in [-0.05, 0) is 43.4 Å². The lowest BCUT2D eigenvalue weighted by atomic mass is 9.54. The van der Waals surface area contributed by atoms with Gasteiger partial charge in [-0.1, -0.05) is 18.9 Å². The molecule has 2 N–H and O–H groups in total. The first kappa shape index (κ1) is 20.1. The van der Waals surface area contributed by atoms with E-state index in [-0.39, 0.29) is 24.0 Å². The van der Waals surface area contributed by atoms with E-state index in [1.807, 2.05) is 13.1 Å². The molecular formula is C21H30IN3O3. The largest absolute Gasteiger partial charge is 0.454 e. The highest BCUT2D eigenvalue weighted by atomic mass is 127. The molecule has 1 spiro atoms.